The third-order valence-corrected chi connectivity index (χ3v) is 2.70. The number of rotatable bonds is 4. The summed E-state index contributed by atoms with van der Waals surface area (Å²) >= 11 is 0. The summed E-state index contributed by atoms with van der Waals surface area (Å²) in [5.74, 6) is -0.467. The quantitative estimate of drug-likeness (QED) is 0.484. The summed E-state index contributed by atoms with van der Waals surface area (Å²) < 4.78 is 10.0. The Balaban J connectivity index is 2.48. The molecule has 1 aromatic carbocycles. The molecule has 0 aliphatic carbocycles. The van der Waals surface area contributed by atoms with E-state index in [0.29, 0.717) is 11.1 Å². The van der Waals surface area contributed by atoms with Crippen molar-refractivity contribution in [3.63, 3.8) is 0 Å². The van der Waals surface area contributed by atoms with Gasteiger partial charge in [-0.2, -0.15) is 0 Å². The highest BCUT2D eigenvalue weighted by molar-refractivity contribution is 5.93. The molecule has 0 bridgehead atoms. The molecule has 0 N–H and O–H groups in total. The van der Waals surface area contributed by atoms with Crippen molar-refractivity contribution in [1.82, 2.24) is 4.98 Å². The van der Waals surface area contributed by atoms with Crippen LogP contribution >= 0.6 is 0 Å². The SMILES string of the molecule is CCOC(=O)c1ncoc1-c1ccc(C)c([N+](=O)[O-])c1. The second kappa shape index (κ2) is 5.52. The molecule has 0 fully saturated rings. The molecule has 104 valence electrons. The van der Waals surface area contributed by atoms with Gasteiger partial charge in [0.1, 0.15) is 0 Å². The zero-order chi connectivity index (χ0) is 14.7. The lowest BCUT2D eigenvalue weighted by Crippen LogP contribution is -2.06. The Kier molecular flexibility index (Phi) is 3.79. The van der Waals surface area contributed by atoms with Crippen LogP contribution in [0.2, 0.25) is 0 Å². The van der Waals surface area contributed by atoms with Crippen LogP contribution in [0.3, 0.4) is 0 Å². The number of esters is 1. The number of nitrogens with zero attached hydrogens (tertiary/aromatic N) is 2. The topological polar surface area (TPSA) is 95.5 Å². The molecule has 20 heavy (non-hydrogen) atoms. The lowest BCUT2D eigenvalue weighted by Gasteiger charge is -2.03. The molecule has 0 aliphatic heterocycles. The van der Waals surface area contributed by atoms with E-state index in [2.05, 4.69) is 4.98 Å². The molecular formula is C13H12N2O5. The summed E-state index contributed by atoms with van der Waals surface area (Å²) in [4.78, 5) is 25.9. The van der Waals surface area contributed by atoms with Gasteiger partial charge >= 0.3 is 5.97 Å². The minimum atomic E-state index is -0.625. The largest absolute Gasteiger partial charge is 0.461 e. The molecule has 2 aromatic rings. The molecule has 0 amide bonds. The second-order valence-corrected chi connectivity index (χ2v) is 4.01. The van der Waals surface area contributed by atoms with Crippen molar-refractivity contribution in [3.8, 4) is 11.3 Å². The zero-order valence-corrected chi connectivity index (χ0v) is 11.0. The summed E-state index contributed by atoms with van der Waals surface area (Å²) in [6, 6.07) is 4.56. The Morgan fingerprint density at radius 3 is 2.90 bits per heavy atom. The van der Waals surface area contributed by atoms with Gasteiger partial charge in [0, 0.05) is 17.2 Å². The predicted molar refractivity (Wildman–Crippen MR) is 69.3 cm³/mol. The fourth-order valence-electron chi connectivity index (χ4n) is 1.74. The van der Waals surface area contributed by atoms with Gasteiger partial charge in [0.25, 0.3) is 5.69 Å². The minimum absolute atomic E-state index is 0.00463. The molecule has 1 heterocycles. The molecule has 0 spiro atoms. The van der Waals surface area contributed by atoms with Gasteiger partial charge < -0.3 is 9.15 Å². The van der Waals surface area contributed by atoms with E-state index in [0.717, 1.165) is 6.39 Å². The highest BCUT2D eigenvalue weighted by Gasteiger charge is 2.21. The highest BCUT2D eigenvalue weighted by atomic mass is 16.6. The molecule has 7 nitrogen and oxygen atoms in total. The summed E-state index contributed by atoms with van der Waals surface area (Å²) in [7, 11) is 0. The van der Waals surface area contributed by atoms with Crippen molar-refractivity contribution < 1.29 is 18.9 Å². The lowest BCUT2D eigenvalue weighted by atomic mass is 10.1. The van der Waals surface area contributed by atoms with E-state index in [9.17, 15) is 14.9 Å². The fourth-order valence-corrected chi connectivity index (χ4v) is 1.74. The van der Waals surface area contributed by atoms with E-state index in [1.807, 2.05) is 0 Å². The molecule has 2 rings (SSSR count). The number of aromatic nitrogens is 1. The highest BCUT2D eigenvalue weighted by Crippen LogP contribution is 2.29. The van der Waals surface area contributed by atoms with E-state index >= 15 is 0 Å². The van der Waals surface area contributed by atoms with Gasteiger partial charge in [-0.3, -0.25) is 10.1 Å². The summed E-state index contributed by atoms with van der Waals surface area (Å²) in [6.45, 7) is 3.52. The van der Waals surface area contributed by atoms with Crippen LogP contribution in [-0.4, -0.2) is 22.5 Å². The average molecular weight is 276 g/mol. The van der Waals surface area contributed by atoms with E-state index in [-0.39, 0.29) is 23.7 Å². The molecule has 0 radical (unpaired) electrons. The molecule has 1 aromatic heterocycles. The van der Waals surface area contributed by atoms with Crippen LogP contribution in [0.1, 0.15) is 23.0 Å². The van der Waals surface area contributed by atoms with Crippen molar-refractivity contribution in [2.24, 2.45) is 0 Å². The van der Waals surface area contributed by atoms with Gasteiger partial charge in [-0.15, -0.1) is 0 Å². The monoisotopic (exact) mass is 276 g/mol. The number of benzene rings is 1. The van der Waals surface area contributed by atoms with Gasteiger partial charge in [-0.25, -0.2) is 9.78 Å². The Labute approximate surface area is 114 Å². The van der Waals surface area contributed by atoms with Crippen molar-refractivity contribution in [3.05, 3.63) is 46.0 Å². The van der Waals surface area contributed by atoms with Crippen LogP contribution in [0, 0.1) is 17.0 Å². The number of nitro benzene ring substituents is 1. The maximum atomic E-state index is 11.7. The zero-order valence-electron chi connectivity index (χ0n) is 11.0. The van der Waals surface area contributed by atoms with Crippen LogP contribution in [0.25, 0.3) is 11.3 Å². The maximum Gasteiger partial charge on any atom is 0.360 e. The molecule has 0 aliphatic rings. The Morgan fingerprint density at radius 2 is 2.25 bits per heavy atom. The van der Waals surface area contributed by atoms with Crippen LogP contribution in [0.15, 0.2) is 29.0 Å². The summed E-state index contributed by atoms with van der Waals surface area (Å²) in [5.41, 5.74) is 0.887. The smallest absolute Gasteiger partial charge is 0.360 e. The van der Waals surface area contributed by atoms with Crippen LogP contribution in [0.5, 0.6) is 0 Å². The van der Waals surface area contributed by atoms with Gasteiger partial charge in [0.05, 0.1) is 11.5 Å². The van der Waals surface area contributed by atoms with Crippen molar-refractivity contribution in [2.75, 3.05) is 6.61 Å². The Hall–Kier alpha value is -2.70. The number of hydrogen-bond acceptors (Lipinski definition) is 6. The van der Waals surface area contributed by atoms with Crippen molar-refractivity contribution in [1.29, 1.82) is 0 Å². The van der Waals surface area contributed by atoms with Gasteiger partial charge in [-0.1, -0.05) is 12.1 Å². The fraction of sp³-hybridized carbons (Fsp3) is 0.231. The molecule has 0 saturated heterocycles. The lowest BCUT2D eigenvalue weighted by molar-refractivity contribution is -0.385. The molecule has 7 heteroatoms. The van der Waals surface area contributed by atoms with Crippen LogP contribution in [0.4, 0.5) is 5.69 Å². The van der Waals surface area contributed by atoms with Crippen LogP contribution < -0.4 is 0 Å². The second-order valence-electron chi connectivity index (χ2n) is 4.01. The average Bonchev–Trinajstić information content (AvgIpc) is 2.88. The van der Waals surface area contributed by atoms with Crippen molar-refractivity contribution in [2.45, 2.75) is 13.8 Å². The Morgan fingerprint density at radius 1 is 1.50 bits per heavy atom. The molecule has 0 atom stereocenters. The van der Waals surface area contributed by atoms with E-state index in [1.165, 1.54) is 6.07 Å². The van der Waals surface area contributed by atoms with E-state index in [4.69, 9.17) is 9.15 Å². The first kappa shape index (κ1) is 13.7. The van der Waals surface area contributed by atoms with E-state index < -0.39 is 10.9 Å². The molecule has 0 saturated carbocycles. The van der Waals surface area contributed by atoms with E-state index in [1.54, 1.807) is 26.0 Å². The predicted octanol–water partition coefficient (Wildman–Crippen LogP) is 2.73. The molecule has 0 unspecified atom stereocenters. The number of carbonyl (C=O) groups is 1. The number of hydrogen-bond donors (Lipinski definition) is 0. The third-order valence-electron chi connectivity index (χ3n) is 2.70. The summed E-state index contributed by atoms with van der Waals surface area (Å²) in [6.07, 6.45) is 1.10. The van der Waals surface area contributed by atoms with Gasteiger partial charge in [-0.05, 0) is 13.8 Å². The van der Waals surface area contributed by atoms with Gasteiger partial charge in [0.2, 0.25) is 0 Å². The number of aryl methyl sites for hydroxylation is 1. The standard InChI is InChI=1S/C13H12N2O5/c1-3-19-13(16)11-12(20-7-14-11)9-5-4-8(2)10(6-9)15(17)18/h4-7H,3H2,1-2H3. The third kappa shape index (κ3) is 2.51. The number of carbonyl (C=O) groups excluding carboxylic acids is 1. The first-order valence-corrected chi connectivity index (χ1v) is 5.90. The number of oxazole rings is 1. The van der Waals surface area contributed by atoms with Crippen molar-refractivity contribution >= 4 is 11.7 Å². The Bertz CT molecular complexity index is 663. The maximum absolute atomic E-state index is 11.7. The first-order chi connectivity index (χ1) is 9.54. The minimum Gasteiger partial charge on any atom is -0.461 e. The normalized spacial score (nSPS) is 10.3. The number of ether oxygens (including phenoxy) is 1. The summed E-state index contributed by atoms with van der Waals surface area (Å²) in [5, 5.41) is 10.9. The van der Waals surface area contributed by atoms with Crippen LogP contribution in [-0.2, 0) is 4.74 Å². The molecular weight excluding hydrogens is 264 g/mol. The number of nitro groups is 1. The van der Waals surface area contributed by atoms with Gasteiger partial charge in [0.15, 0.2) is 17.8 Å². The first-order valence-electron chi connectivity index (χ1n) is 5.90.